The first-order valence-electron chi connectivity index (χ1n) is 9.84. The Bertz CT molecular complexity index is 1120. The topological polar surface area (TPSA) is 67.2 Å². The zero-order valence-corrected chi connectivity index (χ0v) is 17.1. The summed E-state index contributed by atoms with van der Waals surface area (Å²) in [5, 5.41) is 7.49. The zero-order chi connectivity index (χ0) is 21.4. The second-order valence-corrected chi connectivity index (χ2v) is 7.62. The standard InChI is InChI=1S/C23H23FN4O2/c1-14-9-10-19(12-20(14)24)27-13-17(11-21(27)29)23(30)25-22-15(2)26-28(16(22)3)18-7-5-4-6-8-18/h4-10,12,17H,11,13H2,1-3H3,(H,25,30). The maximum atomic E-state index is 13.9. The van der Waals surface area contributed by atoms with Crippen molar-refractivity contribution in [3.8, 4) is 5.69 Å². The number of hydrogen-bond acceptors (Lipinski definition) is 3. The van der Waals surface area contributed by atoms with Crippen LogP contribution in [0, 0.1) is 32.5 Å². The monoisotopic (exact) mass is 406 g/mol. The van der Waals surface area contributed by atoms with Crippen LogP contribution in [0.2, 0.25) is 0 Å². The third-order valence-corrected chi connectivity index (χ3v) is 5.50. The summed E-state index contributed by atoms with van der Waals surface area (Å²) >= 11 is 0. The summed E-state index contributed by atoms with van der Waals surface area (Å²) in [5.74, 6) is -1.31. The minimum Gasteiger partial charge on any atom is -0.323 e. The van der Waals surface area contributed by atoms with Crippen molar-refractivity contribution in [1.29, 1.82) is 0 Å². The lowest BCUT2D eigenvalue weighted by Gasteiger charge is -2.17. The van der Waals surface area contributed by atoms with Crippen molar-refractivity contribution in [3.05, 3.63) is 71.3 Å². The van der Waals surface area contributed by atoms with Crippen molar-refractivity contribution < 1.29 is 14.0 Å². The SMILES string of the molecule is Cc1ccc(N2CC(C(=O)Nc3c(C)nn(-c4ccccc4)c3C)CC2=O)cc1F. The summed E-state index contributed by atoms with van der Waals surface area (Å²) in [7, 11) is 0. The molecule has 1 N–H and O–H groups in total. The first-order chi connectivity index (χ1) is 14.3. The van der Waals surface area contributed by atoms with Gasteiger partial charge in [0.2, 0.25) is 11.8 Å². The van der Waals surface area contributed by atoms with Gasteiger partial charge in [-0.25, -0.2) is 9.07 Å². The number of para-hydroxylation sites is 1. The molecule has 30 heavy (non-hydrogen) atoms. The van der Waals surface area contributed by atoms with E-state index in [1.54, 1.807) is 23.7 Å². The number of carbonyl (C=O) groups is 2. The highest BCUT2D eigenvalue weighted by Crippen LogP contribution is 2.29. The molecule has 0 radical (unpaired) electrons. The van der Waals surface area contributed by atoms with Crippen molar-refractivity contribution in [1.82, 2.24) is 9.78 Å². The van der Waals surface area contributed by atoms with E-state index in [1.807, 2.05) is 44.2 Å². The highest BCUT2D eigenvalue weighted by Gasteiger charge is 2.36. The number of nitrogens with zero attached hydrogens (tertiary/aromatic N) is 3. The van der Waals surface area contributed by atoms with E-state index in [2.05, 4.69) is 10.4 Å². The van der Waals surface area contributed by atoms with Crippen molar-refractivity contribution in [2.75, 3.05) is 16.8 Å². The van der Waals surface area contributed by atoms with Crippen LogP contribution in [0.25, 0.3) is 5.69 Å². The van der Waals surface area contributed by atoms with Gasteiger partial charge in [0, 0.05) is 18.7 Å². The molecule has 6 nitrogen and oxygen atoms in total. The highest BCUT2D eigenvalue weighted by atomic mass is 19.1. The minimum atomic E-state index is -0.513. The van der Waals surface area contributed by atoms with Crippen molar-refractivity contribution in [3.63, 3.8) is 0 Å². The van der Waals surface area contributed by atoms with Gasteiger partial charge < -0.3 is 10.2 Å². The summed E-state index contributed by atoms with van der Waals surface area (Å²) in [4.78, 5) is 26.8. The maximum Gasteiger partial charge on any atom is 0.229 e. The lowest BCUT2D eigenvalue weighted by molar-refractivity contribution is -0.122. The fourth-order valence-corrected chi connectivity index (χ4v) is 3.75. The molecule has 0 bridgehead atoms. The number of anilines is 2. The minimum absolute atomic E-state index is 0.0895. The van der Waals surface area contributed by atoms with E-state index < -0.39 is 5.92 Å². The number of aromatic nitrogens is 2. The van der Waals surface area contributed by atoms with Gasteiger partial charge in [-0.3, -0.25) is 9.59 Å². The van der Waals surface area contributed by atoms with Crippen molar-refractivity contribution in [2.24, 2.45) is 5.92 Å². The van der Waals surface area contributed by atoms with E-state index in [9.17, 15) is 14.0 Å². The lowest BCUT2D eigenvalue weighted by atomic mass is 10.1. The number of rotatable bonds is 4. The Kier molecular flexibility index (Phi) is 5.11. The Morgan fingerprint density at radius 3 is 2.53 bits per heavy atom. The molecule has 1 fully saturated rings. The summed E-state index contributed by atoms with van der Waals surface area (Å²) < 4.78 is 15.7. The first-order valence-corrected chi connectivity index (χ1v) is 9.84. The summed E-state index contributed by atoms with van der Waals surface area (Å²) in [6.07, 6.45) is 0.0895. The number of hydrogen-bond donors (Lipinski definition) is 1. The molecule has 3 aromatic rings. The molecule has 1 saturated heterocycles. The Morgan fingerprint density at radius 2 is 1.83 bits per heavy atom. The van der Waals surface area contributed by atoms with Gasteiger partial charge >= 0.3 is 0 Å². The molecule has 1 aliphatic heterocycles. The van der Waals surface area contributed by atoms with Gasteiger partial charge in [0.1, 0.15) is 5.82 Å². The summed E-state index contributed by atoms with van der Waals surface area (Å²) in [5.41, 5.74) is 4.06. The largest absolute Gasteiger partial charge is 0.323 e. The fourth-order valence-electron chi connectivity index (χ4n) is 3.75. The molecule has 1 aromatic heterocycles. The predicted molar refractivity (Wildman–Crippen MR) is 113 cm³/mol. The highest BCUT2D eigenvalue weighted by molar-refractivity contribution is 6.03. The van der Waals surface area contributed by atoms with Crippen LogP contribution >= 0.6 is 0 Å². The summed E-state index contributed by atoms with van der Waals surface area (Å²) in [6.45, 7) is 5.62. The number of aryl methyl sites for hydroxylation is 2. The third kappa shape index (κ3) is 3.58. The Morgan fingerprint density at radius 1 is 1.10 bits per heavy atom. The van der Waals surface area contributed by atoms with Gasteiger partial charge in [0.05, 0.1) is 28.7 Å². The second kappa shape index (κ2) is 7.74. The maximum absolute atomic E-state index is 13.9. The van der Waals surface area contributed by atoms with Crippen LogP contribution in [0.15, 0.2) is 48.5 Å². The Balaban J connectivity index is 1.52. The van der Waals surface area contributed by atoms with E-state index in [0.29, 0.717) is 22.6 Å². The van der Waals surface area contributed by atoms with E-state index >= 15 is 0 Å². The molecule has 2 aromatic carbocycles. The van der Waals surface area contributed by atoms with E-state index in [0.717, 1.165) is 11.4 Å². The van der Waals surface area contributed by atoms with Crippen LogP contribution in [0.1, 0.15) is 23.4 Å². The average Bonchev–Trinajstić information content (AvgIpc) is 3.25. The normalized spacial score (nSPS) is 16.2. The molecule has 7 heteroatoms. The molecule has 0 saturated carbocycles. The van der Waals surface area contributed by atoms with Crippen LogP contribution in [0.5, 0.6) is 0 Å². The van der Waals surface area contributed by atoms with Gasteiger partial charge in [-0.05, 0) is 50.6 Å². The van der Waals surface area contributed by atoms with E-state index in [-0.39, 0.29) is 30.6 Å². The number of nitrogens with one attached hydrogen (secondary N) is 1. The van der Waals surface area contributed by atoms with E-state index in [4.69, 9.17) is 0 Å². The van der Waals surface area contributed by atoms with Gasteiger partial charge in [-0.15, -0.1) is 0 Å². The second-order valence-electron chi connectivity index (χ2n) is 7.62. The van der Waals surface area contributed by atoms with Gasteiger partial charge in [-0.1, -0.05) is 24.3 Å². The zero-order valence-electron chi connectivity index (χ0n) is 17.1. The van der Waals surface area contributed by atoms with Crippen LogP contribution in [0.4, 0.5) is 15.8 Å². The molecule has 1 atom stereocenters. The van der Waals surface area contributed by atoms with Gasteiger partial charge in [0.15, 0.2) is 0 Å². The number of benzene rings is 2. The average molecular weight is 406 g/mol. The Labute approximate surface area is 174 Å². The number of halogens is 1. The molecule has 0 aliphatic carbocycles. The molecule has 154 valence electrons. The molecule has 1 unspecified atom stereocenters. The lowest BCUT2D eigenvalue weighted by Crippen LogP contribution is -2.28. The smallest absolute Gasteiger partial charge is 0.229 e. The van der Waals surface area contributed by atoms with Crippen LogP contribution in [0.3, 0.4) is 0 Å². The summed E-state index contributed by atoms with van der Waals surface area (Å²) in [6, 6.07) is 14.4. The fraction of sp³-hybridized carbons (Fsp3) is 0.261. The predicted octanol–water partition coefficient (Wildman–Crippen LogP) is 3.93. The van der Waals surface area contributed by atoms with E-state index in [1.165, 1.54) is 11.0 Å². The van der Waals surface area contributed by atoms with Crippen molar-refractivity contribution >= 4 is 23.2 Å². The third-order valence-electron chi connectivity index (χ3n) is 5.50. The molecule has 2 amide bonds. The van der Waals surface area contributed by atoms with Crippen LogP contribution in [-0.4, -0.2) is 28.1 Å². The molecule has 0 spiro atoms. The van der Waals surface area contributed by atoms with Gasteiger partial charge in [0.25, 0.3) is 0 Å². The van der Waals surface area contributed by atoms with Crippen LogP contribution < -0.4 is 10.2 Å². The molecule has 2 heterocycles. The van der Waals surface area contributed by atoms with Gasteiger partial charge in [-0.2, -0.15) is 5.10 Å². The number of carbonyl (C=O) groups excluding carboxylic acids is 2. The quantitative estimate of drug-likeness (QED) is 0.714. The first kappa shape index (κ1) is 19.8. The molecule has 1 aliphatic rings. The molecule has 4 rings (SSSR count). The van der Waals surface area contributed by atoms with Crippen LogP contribution in [-0.2, 0) is 9.59 Å². The molecular formula is C23H23FN4O2. The van der Waals surface area contributed by atoms with Crippen molar-refractivity contribution in [2.45, 2.75) is 27.2 Å². The Hall–Kier alpha value is -3.48. The number of amides is 2. The molecular weight excluding hydrogens is 383 g/mol.